The number of aromatic nitrogens is 1. The number of sulfone groups is 1. The average molecular weight is 292 g/mol. The summed E-state index contributed by atoms with van der Waals surface area (Å²) in [7, 11) is -2.99. The molecule has 0 aromatic carbocycles. The molecular weight excluding hydrogens is 282 g/mol. The summed E-state index contributed by atoms with van der Waals surface area (Å²) >= 11 is 5.84. The fraction of sp³-hybridized carbons (Fsp3) is 0.444. The van der Waals surface area contributed by atoms with Gasteiger partial charge in [0.1, 0.15) is 12.0 Å². The van der Waals surface area contributed by atoms with Gasteiger partial charge in [-0.25, -0.2) is 13.4 Å². The van der Waals surface area contributed by atoms with Crippen molar-refractivity contribution in [3.05, 3.63) is 27.4 Å². The zero-order valence-corrected chi connectivity index (χ0v) is 10.7. The molecule has 0 bridgehead atoms. The van der Waals surface area contributed by atoms with Gasteiger partial charge in [0, 0.05) is 12.1 Å². The number of nitro groups is 1. The van der Waals surface area contributed by atoms with Crippen molar-refractivity contribution in [3.8, 4) is 0 Å². The largest absolute Gasteiger partial charge is 0.365 e. The van der Waals surface area contributed by atoms with E-state index in [-0.39, 0.29) is 34.1 Å². The van der Waals surface area contributed by atoms with E-state index >= 15 is 0 Å². The minimum absolute atomic E-state index is 0.0298. The zero-order chi connectivity index (χ0) is 13.3. The maximum absolute atomic E-state index is 11.3. The summed E-state index contributed by atoms with van der Waals surface area (Å²) in [5, 5.41) is 13.5. The lowest BCUT2D eigenvalue weighted by atomic mass is 10.2. The lowest BCUT2D eigenvalue weighted by Gasteiger charge is -2.12. The smallest absolute Gasteiger partial charge is 0.289 e. The summed E-state index contributed by atoms with van der Waals surface area (Å²) in [5.41, 5.74) is -0.204. The summed E-state index contributed by atoms with van der Waals surface area (Å²) in [6.45, 7) is 0. The molecule has 9 heteroatoms. The van der Waals surface area contributed by atoms with Crippen molar-refractivity contribution >= 4 is 32.9 Å². The third-order valence-electron chi connectivity index (χ3n) is 2.61. The van der Waals surface area contributed by atoms with Crippen LogP contribution in [0.4, 0.5) is 11.5 Å². The number of rotatable bonds is 3. The summed E-state index contributed by atoms with van der Waals surface area (Å²) in [4.78, 5) is 13.7. The van der Waals surface area contributed by atoms with Gasteiger partial charge in [-0.05, 0) is 6.42 Å². The number of pyridine rings is 1. The molecule has 1 aromatic heterocycles. The third kappa shape index (κ3) is 2.88. The first kappa shape index (κ1) is 13.0. The Hall–Kier alpha value is -1.41. The van der Waals surface area contributed by atoms with Crippen molar-refractivity contribution in [1.82, 2.24) is 4.98 Å². The molecule has 0 radical (unpaired) electrons. The van der Waals surface area contributed by atoms with E-state index in [0.29, 0.717) is 6.42 Å². The van der Waals surface area contributed by atoms with E-state index in [4.69, 9.17) is 11.6 Å². The highest BCUT2D eigenvalue weighted by atomic mass is 35.5. The van der Waals surface area contributed by atoms with Crippen LogP contribution in [0.2, 0.25) is 5.02 Å². The molecule has 1 N–H and O–H groups in total. The molecule has 1 aliphatic rings. The van der Waals surface area contributed by atoms with E-state index in [1.807, 2.05) is 0 Å². The molecule has 0 amide bonds. The Kier molecular flexibility index (Phi) is 3.40. The van der Waals surface area contributed by atoms with Gasteiger partial charge >= 0.3 is 0 Å². The molecule has 2 heterocycles. The van der Waals surface area contributed by atoms with Gasteiger partial charge in [0.2, 0.25) is 0 Å². The minimum atomic E-state index is -2.99. The van der Waals surface area contributed by atoms with Crippen LogP contribution in [0.15, 0.2) is 12.3 Å². The van der Waals surface area contributed by atoms with E-state index in [2.05, 4.69) is 10.3 Å². The Balaban J connectivity index is 2.13. The highest BCUT2D eigenvalue weighted by molar-refractivity contribution is 7.91. The Morgan fingerprint density at radius 3 is 2.78 bits per heavy atom. The maximum Gasteiger partial charge on any atom is 0.289 e. The monoisotopic (exact) mass is 291 g/mol. The lowest BCUT2D eigenvalue weighted by molar-refractivity contribution is -0.385. The second-order valence-electron chi connectivity index (χ2n) is 4.03. The van der Waals surface area contributed by atoms with Gasteiger partial charge in [0.15, 0.2) is 9.84 Å². The molecule has 0 spiro atoms. The Morgan fingerprint density at radius 2 is 2.28 bits per heavy atom. The third-order valence-corrected chi connectivity index (χ3v) is 4.67. The minimum Gasteiger partial charge on any atom is -0.365 e. The molecule has 1 unspecified atom stereocenters. The lowest BCUT2D eigenvalue weighted by Crippen LogP contribution is -2.21. The van der Waals surface area contributed by atoms with Crippen LogP contribution >= 0.6 is 11.6 Å². The maximum atomic E-state index is 11.3. The molecular formula is C9H10ClN3O4S. The number of hydrogen-bond acceptors (Lipinski definition) is 6. The average Bonchev–Trinajstić information content (AvgIpc) is 2.61. The van der Waals surface area contributed by atoms with Crippen molar-refractivity contribution in [2.24, 2.45) is 0 Å². The first-order valence-electron chi connectivity index (χ1n) is 5.14. The van der Waals surface area contributed by atoms with Crippen molar-refractivity contribution < 1.29 is 13.3 Å². The fourth-order valence-corrected chi connectivity index (χ4v) is 3.62. The van der Waals surface area contributed by atoms with Gasteiger partial charge in [0.25, 0.3) is 5.69 Å². The summed E-state index contributed by atoms with van der Waals surface area (Å²) in [6.07, 6.45) is 1.56. The standard InChI is InChI=1S/C9H10ClN3O4S/c10-8-3-7(13(14)15)4-11-9(8)12-6-1-2-18(16,17)5-6/h3-4,6H,1-2,5H2,(H,11,12). The summed E-state index contributed by atoms with van der Waals surface area (Å²) < 4.78 is 22.6. The molecule has 1 fully saturated rings. The van der Waals surface area contributed by atoms with Crippen LogP contribution in [0, 0.1) is 10.1 Å². The highest BCUT2D eigenvalue weighted by Crippen LogP contribution is 2.26. The molecule has 1 aromatic rings. The molecule has 1 atom stereocenters. The quantitative estimate of drug-likeness (QED) is 0.664. The first-order chi connectivity index (χ1) is 8.37. The topological polar surface area (TPSA) is 102 Å². The van der Waals surface area contributed by atoms with Crippen molar-refractivity contribution in [3.63, 3.8) is 0 Å². The van der Waals surface area contributed by atoms with E-state index in [0.717, 1.165) is 6.20 Å². The van der Waals surface area contributed by atoms with Crippen LogP contribution in [0.25, 0.3) is 0 Å². The van der Waals surface area contributed by atoms with E-state index in [1.165, 1.54) is 6.07 Å². The van der Waals surface area contributed by atoms with Crippen molar-refractivity contribution in [2.45, 2.75) is 12.5 Å². The zero-order valence-electron chi connectivity index (χ0n) is 9.17. The predicted octanol–water partition coefficient (Wildman–Crippen LogP) is 1.24. The molecule has 0 aliphatic carbocycles. The van der Waals surface area contributed by atoms with E-state index < -0.39 is 14.8 Å². The summed E-state index contributed by atoms with van der Waals surface area (Å²) in [5.74, 6) is 0.432. The second kappa shape index (κ2) is 4.69. The van der Waals surface area contributed by atoms with E-state index in [9.17, 15) is 18.5 Å². The van der Waals surface area contributed by atoms with Gasteiger partial charge in [-0.3, -0.25) is 10.1 Å². The van der Waals surface area contributed by atoms with Crippen LogP contribution in [-0.2, 0) is 9.84 Å². The Labute approximate surface area is 108 Å². The SMILES string of the molecule is O=[N+]([O-])c1cnc(NC2CCS(=O)(=O)C2)c(Cl)c1. The van der Waals surface area contributed by atoms with Gasteiger partial charge in [-0.2, -0.15) is 0 Å². The number of nitrogens with one attached hydrogen (secondary N) is 1. The van der Waals surface area contributed by atoms with E-state index in [1.54, 1.807) is 0 Å². The molecule has 7 nitrogen and oxygen atoms in total. The second-order valence-corrected chi connectivity index (χ2v) is 6.66. The number of hydrogen-bond donors (Lipinski definition) is 1. The summed E-state index contributed by atoms with van der Waals surface area (Å²) in [6, 6.07) is 0.932. The molecule has 1 saturated heterocycles. The Bertz CT molecular complexity index is 589. The molecule has 18 heavy (non-hydrogen) atoms. The molecule has 1 aliphatic heterocycles. The number of anilines is 1. The fourth-order valence-electron chi connectivity index (χ4n) is 1.74. The van der Waals surface area contributed by atoms with Gasteiger partial charge in [0.05, 0.1) is 21.5 Å². The van der Waals surface area contributed by atoms with Crippen LogP contribution < -0.4 is 5.32 Å². The van der Waals surface area contributed by atoms with Crippen LogP contribution in [-0.4, -0.2) is 35.9 Å². The van der Waals surface area contributed by atoms with Crippen molar-refractivity contribution in [1.29, 1.82) is 0 Å². The van der Waals surface area contributed by atoms with Crippen molar-refractivity contribution in [2.75, 3.05) is 16.8 Å². The molecule has 98 valence electrons. The number of nitrogens with zero attached hydrogens (tertiary/aromatic N) is 2. The van der Waals surface area contributed by atoms with Gasteiger partial charge in [-0.15, -0.1) is 0 Å². The van der Waals surface area contributed by atoms with Crippen LogP contribution in [0.1, 0.15) is 6.42 Å². The normalized spacial score (nSPS) is 21.7. The number of halogens is 1. The molecule has 2 rings (SSSR count). The highest BCUT2D eigenvalue weighted by Gasteiger charge is 2.28. The predicted molar refractivity (Wildman–Crippen MR) is 66.6 cm³/mol. The van der Waals surface area contributed by atoms with Crippen LogP contribution in [0.5, 0.6) is 0 Å². The first-order valence-corrected chi connectivity index (χ1v) is 7.34. The molecule has 0 saturated carbocycles. The Morgan fingerprint density at radius 1 is 1.56 bits per heavy atom. The van der Waals surface area contributed by atoms with Gasteiger partial charge < -0.3 is 5.32 Å². The van der Waals surface area contributed by atoms with Crippen LogP contribution in [0.3, 0.4) is 0 Å². The van der Waals surface area contributed by atoms with Gasteiger partial charge in [-0.1, -0.05) is 11.6 Å².